The Labute approximate surface area is 115 Å². The number of nitrogens with one attached hydrogen (secondary N) is 1. The Morgan fingerprint density at radius 3 is 2.70 bits per heavy atom. The van der Waals surface area contributed by atoms with Crippen LogP contribution in [0.5, 0.6) is 0 Å². The van der Waals surface area contributed by atoms with Crippen molar-refractivity contribution < 1.29 is 9.90 Å². The Morgan fingerprint density at radius 1 is 1.20 bits per heavy atom. The van der Waals surface area contributed by atoms with Crippen molar-refractivity contribution in [3.63, 3.8) is 0 Å². The van der Waals surface area contributed by atoms with Crippen molar-refractivity contribution in [3.8, 4) is 11.8 Å². The van der Waals surface area contributed by atoms with Gasteiger partial charge in [-0.3, -0.25) is 10.1 Å². The summed E-state index contributed by atoms with van der Waals surface area (Å²) in [6, 6.07) is 5.04. The van der Waals surface area contributed by atoms with Crippen molar-refractivity contribution in [2.24, 2.45) is 0 Å². The molecule has 1 amide bonds. The van der Waals surface area contributed by atoms with Gasteiger partial charge in [-0.05, 0) is 18.2 Å². The van der Waals surface area contributed by atoms with Gasteiger partial charge < -0.3 is 5.11 Å². The van der Waals surface area contributed by atoms with Gasteiger partial charge in [0.1, 0.15) is 5.69 Å². The van der Waals surface area contributed by atoms with Crippen LogP contribution in [0.4, 0.5) is 5.95 Å². The van der Waals surface area contributed by atoms with Crippen LogP contribution in [-0.4, -0.2) is 32.6 Å². The molecule has 100 valence electrons. The van der Waals surface area contributed by atoms with E-state index in [0.29, 0.717) is 12.0 Å². The van der Waals surface area contributed by atoms with Crippen molar-refractivity contribution in [1.29, 1.82) is 0 Å². The zero-order valence-electron chi connectivity index (χ0n) is 10.6. The molecule has 0 saturated carbocycles. The summed E-state index contributed by atoms with van der Waals surface area (Å²) in [5.41, 5.74) is 0.694. The molecule has 0 aromatic carbocycles. The summed E-state index contributed by atoms with van der Waals surface area (Å²) < 4.78 is 0. The number of hydrogen-bond donors (Lipinski definition) is 2. The SMILES string of the molecule is O=C(Nc1ncccn1)c1ncccc1C#CCCO. The molecular weight excluding hydrogens is 256 g/mol. The molecule has 6 heteroatoms. The smallest absolute Gasteiger partial charge is 0.277 e. The van der Waals surface area contributed by atoms with Gasteiger partial charge >= 0.3 is 0 Å². The molecule has 0 spiro atoms. The van der Waals surface area contributed by atoms with E-state index in [1.165, 1.54) is 18.6 Å². The first-order chi connectivity index (χ1) is 9.81. The lowest BCUT2D eigenvalue weighted by Crippen LogP contribution is -2.16. The standard InChI is InChI=1S/C14H12N4O2/c19-10-2-1-5-11-6-3-7-15-12(11)13(20)18-14-16-8-4-9-17-14/h3-4,6-9,19H,2,10H2,(H,16,17,18,20). The number of hydrogen-bond acceptors (Lipinski definition) is 5. The average Bonchev–Trinajstić information content (AvgIpc) is 2.49. The molecule has 2 aromatic heterocycles. The summed E-state index contributed by atoms with van der Waals surface area (Å²) in [4.78, 5) is 23.9. The van der Waals surface area contributed by atoms with Crippen LogP contribution < -0.4 is 5.32 Å². The number of carbonyl (C=O) groups is 1. The summed E-state index contributed by atoms with van der Waals surface area (Å²) in [5.74, 6) is 5.35. The fourth-order valence-electron chi connectivity index (χ4n) is 1.43. The fraction of sp³-hybridized carbons (Fsp3) is 0.143. The van der Waals surface area contributed by atoms with E-state index in [0.717, 1.165) is 0 Å². The van der Waals surface area contributed by atoms with E-state index in [4.69, 9.17) is 5.11 Å². The fourth-order valence-corrected chi connectivity index (χ4v) is 1.43. The Bertz CT molecular complexity index is 647. The van der Waals surface area contributed by atoms with Crippen LogP contribution in [0.3, 0.4) is 0 Å². The summed E-state index contributed by atoms with van der Waals surface area (Å²) >= 11 is 0. The van der Waals surface area contributed by atoms with Gasteiger partial charge in [-0.2, -0.15) is 0 Å². The van der Waals surface area contributed by atoms with Gasteiger partial charge in [-0.25, -0.2) is 15.0 Å². The maximum absolute atomic E-state index is 12.1. The summed E-state index contributed by atoms with van der Waals surface area (Å²) in [6.07, 6.45) is 4.92. The average molecular weight is 268 g/mol. The number of aromatic nitrogens is 3. The van der Waals surface area contributed by atoms with Crippen molar-refractivity contribution >= 4 is 11.9 Å². The first kappa shape index (κ1) is 13.6. The van der Waals surface area contributed by atoms with Gasteiger partial charge in [0.25, 0.3) is 5.91 Å². The van der Waals surface area contributed by atoms with Gasteiger partial charge in [0.05, 0.1) is 12.2 Å². The number of amides is 1. The molecule has 0 bridgehead atoms. The zero-order valence-corrected chi connectivity index (χ0v) is 10.6. The Hall–Kier alpha value is -2.78. The Balaban J connectivity index is 2.20. The lowest BCUT2D eigenvalue weighted by molar-refractivity contribution is 0.102. The molecule has 0 radical (unpaired) electrons. The highest BCUT2D eigenvalue weighted by molar-refractivity contribution is 6.03. The molecule has 0 aliphatic carbocycles. The molecule has 0 unspecified atom stereocenters. The molecule has 2 N–H and O–H groups in total. The minimum Gasteiger partial charge on any atom is -0.395 e. The number of nitrogens with zero attached hydrogens (tertiary/aromatic N) is 3. The minimum absolute atomic E-state index is 0.0212. The normalized spacial score (nSPS) is 9.45. The van der Waals surface area contributed by atoms with Crippen LogP contribution in [0, 0.1) is 11.8 Å². The maximum Gasteiger partial charge on any atom is 0.277 e. The van der Waals surface area contributed by atoms with Gasteiger partial charge in [-0.1, -0.05) is 11.8 Å². The molecular formula is C14H12N4O2. The van der Waals surface area contributed by atoms with E-state index >= 15 is 0 Å². The first-order valence-corrected chi connectivity index (χ1v) is 5.94. The largest absolute Gasteiger partial charge is 0.395 e. The van der Waals surface area contributed by atoms with E-state index in [9.17, 15) is 4.79 Å². The van der Waals surface area contributed by atoms with Crippen molar-refractivity contribution in [3.05, 3.63) is 48.0 Å². The maximum atomic E-state index is 12.1. The number of anilines is 1. The third kappa shape index (κ3) is 3.60. The van der Waals surface area contributed by atoms with Gasteiger partial charge in [0.15, 0.2) is 0 Å². The number of aliphatic hydroxyl groups is 1. The van der Waals surface area contributed by atoms with Crippen LogP contribution >= 0.6 is 0 Å². The molecule has 2 aromatic rings. The predicted molar refractivity (Wildman–Crippen MR) is 72.8 cm³/mol. The number of rotatable bonds is 3. The molecule has 0 aliphatic rings. The summed E-state index contributed by atoms with van der Waals surface area (Å²) in [7, 11) is 0. The second-order valence-corrected chi connectivity index (χ2v) is 3.70. The predicted octanol–water partition coefficient (Wildman–Crippen LogP) is 0.858. The lowest BCUT2D eigenvalue weighted by atomic mass is 10.2. The Kier molecular flexibility index (Phi) is 4.76. The van der Waals surface area contributed by atoms with Crippen molar-refractivity contribution in [1.82, 2.24) is 15.0 Å². The highest BCUT2D eigenvalue weighted by atomic mass is 16.2. The molecule has 0 atom stereocenters. The van der Waals surface area contributed by atoms with Crippen molar-refractivity contribution in [2.75, 3.05) is 11.9 Å². The van der Waals surface area contributed by atoms with E-state index in [2.05, 4.69) is 32.1 Å². The quantitative estimate of drug-likeness (QED) is 0.806. The van der Waals surface area contributed by atoms with E-state index in [-0.39, 0.29) is 18.2 Å². The van der Waals surface area contributed by atoms with Crippen LogP contribution in [-0.2, 0) is 0 Å². The number of aliphatic hydroxyl groups excluding tert-OH is 1. The molecule has 0 saturated heterocycles. The van der Waals surface area contributed by atoms with E-state index in [1.807, 2.05) is 0 Å². The zero-order chi connectivity index (χ0) is 14.2. The molecule has 2 heterocycles. The highest BCUT2D eigenvalue weighted by Gasteiger charge is 2.12. The Morgan fingerprint density at radius 2 is 1.95 bits per heavy atom. The minimum atomic E-state index is -0.426. The van der Waals surface area contributed by atoms with Crippen molar-refractivity contribution in [2.45, 2.75) is 6.42 Å². The molecule has 20 heavy (non-hydrogen) atoms. The number of carbonyl (C=O) groups excluding carboxylic acids is 1. The molecule has 2 rings (SSSR count). The van der Waals surface area contributed by atoms with E-state index in [1.54, 1.807) is 18.2 Å². The summed E-state index contributed by atoms with van der Waals surface area (Å²) in [6.45, 7) is -0.0212. The van der Waals surface area contributed by atoms with Crippen LogP contribution in [0.15, 0.2) is 36.8 Å². The molecule has 0 fully saturated rings. The third-order valence-corrected chi connectivity index (χ3v) is 2.27. The van der Waals surface area contributed by atoms with Gasteiger partial charge in [0, 0.05) is 25.0 Å². The van der Waals surface area contributed by atoms with Crippen LogP contribution in [0.25, 0.3) is 0 Å². The topological polar surface area (TPSA) is 88.0 Å². The monoisotopic (exact) mass is 268 g/mol. The van der Waals surface area contributed by atoms with Crippen LogP contribution in [0.1, 0.15) is 22.5 Å². The van der Waals surface area contributed by atoms with Crippen LogP contribution in [0.2, 0.25) is 0 Å². The van der Waals surface area contributed by atoms with Gasteiger partial charge in [0.2, 0.25) is 5.95 Å². The first-order valence-electron chi connectivity index (χ1n) is 5.94. The second kappa shape index (κ2) is 6.97. The second-order valence-electron chi connectivity index (χ2n) is 3.70. The number of pyridine rings is 1. The lowest BCUT2D eigenvalue weighted by Gasteiger charge is -2.04. The third-order valence-electron chi connectivity index (χ3n) is 2.27. The highest BCUT2D eigenvalue weighted by Crippen LogP contribution is 2.06. The van der Waals surface area contributed by atoms with Gasteiger partial charge in [-0.15, -0.1) is 0 Å². The van der Waals surface area contributed by atoms with E-state index < -0.39 is 5.91 Å². The summed E-state index contributed by atoms with van der Waals surface area (Å²) in [5, 5.41) is 11.3. The molecule has 6 nitrogen and oxygen atoms in total. The molecule has 0 aliphatic heterocycles.